The van der Waals surface area contributed by atoms with E-state index in [2.05, 4.69) is 15.5 Å². The van der Waals surface area contributed by atoms with Gasteiger partial charge in [-0.15, -0.1) is 0 Å². The summed E-state index contributed by atoms with van der Waals surface area (Å²) in [6, 6.07) is 8.82. The lowest BCUT2D eigenvalue weighted by atomic mass is 9.92. The first-order valence-corrected chi connectivity index (χ1v) is 7.62. The molecule has 0 saturated heterocycles. The number of hydrogen-bond acceptors (Lipinski definition) is 5. The molecule has 0 spiro atoms. The average Bonchev–Trinajstić information content (AvgIpc) is 2.98. The molecular formula is C17H24N4O2. The number of aromatic nitrogens is 2. The molecule has 1 heterocycles. The lowest BCUT2D eigenvalue weighted by Gasteiger charge is -2.25. The molecule has 1 amide bonds. The highest BCUT2D eigenvalue weighted by atomic mass is 16.5. The summed E-state index contributed by atoms with van der Waals surface area (Å²) < 4.78 is 5.26. The zero-order valence-electron chi connectivity index (χ0n) is 14.3. The molecule has 124 valence electrons. The predicted octanol–water partition coefficient (Wildman–Crippen LogP) is 2.42. The summed E-state index contributed by atoms with van der Waals surface area (Å²) in [4.78, 5) is 16.9. The van der Waals surface area contributed by atoms with Crippen LogP contribution in [0.25, 0.3) is 0 Å². The Bertz CT molecular complexity index is 671. The van der Waals surface area contributed by atoms with Crippen molar-refractivity contribution in [3.8, 4) is 0 Å². The molecule has 2 aromatic rings. The number of nitrogens with zero attached hydrogens (tertiary/aromatic N) is 2. The van der Waals surface area contributed by atoms with Crippen molar-refractivity contribution in [2.75, 3.05) is 0 Å². The van der Waals surface area contributed by atoms with Gasteiger partial charge in [-0.25, -0.2) is 0 Å². The quantitative estimate of drug-likeness (QED) is 0.903. The van der Waals surface area contributed by atoms with Crippen LogP contribution in [-0.4, -0.2) is 16.0 Å². The Morgan fingerprint density at radius 2 is 1.83 bits per heavy atom. The number of hydrogen-bond donors (Lipinski definition) is 2. The van der Waals surface area contributed by atoms with E-state index in [-0.39, 0.29) is 11.3 Å². The smallest absolute Gasteiger partial charge is 0.248 e. The summed E-state index contributed by atoms with van der Waals surface area (Å²) in [6.07, 6.45) is 0. The number of nitrogens with two attached hydrogens (primary N) is 1. The van der Waals surface area contributed by atoms with E-state index >= 15 is 0 Å². The van der Waals surface area contributed by atoms with Crippen LogP contribution in [0, 0.1) is 0 Å². The summed E-state index contributed by atoms with van der Waals surface area (Å²) >= 11 is 0. The van der Waals surface area contributed by atoms with Crippen molar-refractivity contribution in [1.29, 1.82) is 0 Å². The van der Waals surface area contributed by atoms with Crippen LogP contribution in [-0.2, 0) is 15.7 Å². The van der Waals surface area contributed by atoms with Crippen LogP contribution < -0.4 is 11.1 Å². The SMILES string of the molecule is CC(NC(=O)C(C)(N)c1ccccc1)c1nc(C(C)(C)C)no1. The fourth-order valence-electron chi connectivity index (χ4n) is 2.04. The Labute approximate surface area is 136 Å². The first kappa shape index (κ1) is 17.1. The summed E-state index contributed by atoms with van der Waals surface area (Å²) in [5.74, 6) is 0.672. The van der Waals surface area contributed by atoms with Gasteiger partial charge in [0.2, 0.25) is 11.8 Å². The predicted molar refractivity (Wildman–Crippen MR) is 87.5 cm³/mol. The highest BCUT2D eigenvalue weighted by Gasteiger charge is 2.32. The molecule has 1 aromatic carbocycles. The largest absolute Gasteiger partial charge is 0.343 e. The number of nitrogens with one attached hydrogen (secondary N) is 1. The van der Waals surface area contributed by atoms with Crippen LogP contribution in [0.15, 0.2) is 34.9 Å². The van der Waals surface area contributed by atoms with Crippen molar-refractivity contribution in [1.82, 2.24) is 15.5 Å². The Balaban J connectivity index is 2.12. The molecule has 0 fully saturated rings. The molecule has 0 saturated carbocycles. The Morgan fingerprint density at radius 1 is 1.22 bits per heavy atom. The average molecular weight is 316 g/mol. The van der Waals surface area contributed by atoms with E-state index in [0.717, 1.165) is 5.56 Å². The third-order valence-electron chi connectivity index (χ3n) is 3.68. The van der Waals surface area contributed by atoms with Crippen molar-refractivity contribution < 1.29 is 9.32 Å². The van der Waals surface area contributed by atoms with E-state index < -0.39 is 11.6 Å². The van der Waals surface area contributed by atoms with E-state index in [4.69, 9.17) is 10.3 Å². The van der Waals surface area contributed by atoms with Gasteiger partial charge in [0, 0.05) is 5.41 Å². The standard InChI is InChI=1S/C17H24N4O2/c1-11(13-20-14(21-23-13)16(2,3)4)19-15(22)17(5,18)12-9-7-6-8-10-12/h6-11H,18H2,1-5H3,(H,19,22). The zero-order chi connectivity index (χ0) is 17.3. The van der Waals surface area contributed by atoms with Crippen LogP contribution in [0.2, 0.25) is 0 Å². The van der Waals surface area contributed by atoms with Gasteiger partial charge in [0.25, 0.3) is 0 Å². The molecule has 2 rings (SSSR count). The van der Waals surface area contributed by atoms with Crippen LogP contribution in [0.1, 0.15) is 57.9 Å². The molecule has 0 aliphatic rings. The second-order valence-corrected chi connectivity index (χ2v) is 6.97. The third-order valence-corrected chi connectivity index (χ3v) is 3.68. The normalized spacial score (nSPS) is 15.7. The summed E-state index contributed by atoms with van der Waals surface area (Å²) in [7, 11) is 0. The van der Waals surface area contributed by atoms with Crippen LogP contribution in [0.4, 0.5) is 0 Å². The van der Waals surface area contributed by atoms with Gasteiger partial charge in [0.1, 0.15) is 11.6 Å². The van der Waals surface area contributed by atoms with Crippen molar-refractivity contribution in [3.05, 3.63) is 47.6 Å². The fraction of sp³-hybridized carbons (Fsp3) is 0.471. The van der Waals surface area contributed by atoms with E-state index in [1.54, 1.807) is 13.8 Å². The minimum Gasteiger partial charge on any atom is -0.343 e. The van der Waals surface area contributed by atoms with Crippen LogP contribution in [0.5, 0.6) is 0 Å². The number of amides is 1. The first-order chi connectivity index (χ1) is 10.6. The molecular weight excluding hydrogens is 292 g/mol. The molecule has 0 radical (unpaired) electrons. The molecule has 23 heavy (non-hydrogen) atoms. The lowest BCUT2D eigenvalue weighted by Crippen LogP contribution is -2.49. The van der Waals surface area contributed by atoms with E-state index in [0.29, 0.717) is 11.7 Å². The first-order valence-electron chi connectivity index (χ1n) is 7.62. The molecule has 3 N–H and O–H groups in total. The Morgan fingerprint density at radius 3 is 2.35 bits per heavy atom. The van der Waals surface area contributed by atoms with Crippen molar-refractivity contribution in [3.63, 3.8) is 0 Å². The lowest BCUT2D eigenvalue weighted by molar-refractivity contribution is -0.127. The monoisotopic (exact) mass is 316 g/mol. The van der Waals surface area contributed by atoms with Crippen molar-refractivity contribution in [2.45, 2.75) is 51.6 Å². The number of carbonyl (C=O) groups is 1. The van der Waals surface area contributed by atoms with Gasteiger partial charge in [-0.05, 0) is 19.4 Å². The summed E-state index contributed by atoms with van der Waals surface area (Å²) in [5, 5.41) is 6.81. The maximum absolute atomic E-state index is 12.5. The Kier molecular flexibility index (Phi) is 4.56. The highest BCUT2D eigenvalue weighted by Crippen LogP contribution is 2.22. The molecule has 0 aliphatic heterocycles. The highest BCUT2D eigenvalue weighted by molar-refractivity contribution is 5.87. The van der Waals surface area contributed by atoms with Crippen molar-refractivity contribution >= 4 is 5.91 Å². The fourth-order valence-corrected chi connectivity index (χ4v) is 2.04. The van der Waals surface area contributed by atoms with Gasteiger partial charge < -0.3 is 15.6 Å². The molecule has 1 aromatic heterocycles. The second kappa shape index (κ2) is 6.12. The minimum absolute atomic E-state index is 0.210. The van der Waals surface area contributed by atoms with Gasteiger partial charge in [0.05, 0.1) is 0 Å². The van der Waals surface area contributed by atoms with Gasteiger partial charge in [0.15, 0.2) is 5.82 Å². The van der Waals surface area contributed by atoms with Gasteiger partial charge in [-0.2, -0.15) is 4.98 Å². The van der Waals surface area contributed by atoms with E-state index in [1.807, 2.05) is 51.1 Å². The second-order valence-electron chi connectivity index (χ2n) is 6.97. The Hall–Kier alpha value is -2.21. The van der Waals surface area contributed by atoms with E-state index in [1.165, 1.54) is 0 Å². The van der Waals surface area contributed by atoms with Gasteiger partial charge in [-0.1, -0.05) is 56.3 Å². The number of benzene rings is 1. The topological polar surface area (TPSA) is 94.0 Å². The molecule has 0 bridgehead atoms. The minimum atomic E-state index is -1.14. The third kappa shape index (κ3) is 3.76. The van der Waals surface area contributed by atoms with Crippen LogP contribution >= 0.6 is 0 Å². The summed E-state index contributed by atoms with van der Waals surface area (Å²) in [5.41, 5.74) is 5.60. The van der Waals surface area contributed by atoms with Crippen molar-refractivity contribution in [2.24, 2.45) is 5.73 Å². The molecule has 6 heteroatoms. The van der Waals surface area contributed by atoms with Gasteiger partial charge in [-0.3, -0.25) is 4.79 Å². The number of carbonyl (C=O) groups excluding carboxylic acids is 1. The maximum atomic E-state index is 12.5. The van der Waals surface area contributed by atoms with Crippen LogP contribution in [0.3, 0.4) is 0 Å². The molecule has 0 aliphatic carbocycles. The van der Waals surface area contributed by atoms with Gasteiger partial charge >= 0.3 is 0 Å². The van der Waals surface area contributed by atoms with E-state index in [9.17, 15) is 4.79 Å². The molecule has 2 unspecified atom stereocenters. The maximum Gasteiger partial charge on any atom is 0.248 e. The molecule has 6 nitrogen and oxygen atoms in total. The molecule has 2 atom stereocenters. The number of rotatable bonds is 4. The summed E-state index contributed by atoms with van der Waals surface area (Å²) in [6.45, 7) is 9.46. The zero-order valence-corrected chi connectivity index (χ0v) is 14.3.